The lowest BCUT2D eigenvalue weighted by atomic mass is 10.0. The van der Waals surface area contributed by atoms with Crippen LogP contribution in [-0.4, -0.2) is 45.8 Å². The summed E-state index contributed by atoms with van der Waals surface area (Å²) in [6, 6.07) is 11.6. The van der Waals surface area contributed by atoms with Gasteiger partial charge < -0.3 is 9.64 Å². The van der Waals surface area contributed by atoms with Crippen molar-refractivity contribution in [3.8, 4) is 5.69 Å². The van der Waals surface area contributed by atoms with Crippen LogP contribution >= 0.6 is 0 Å². The van der Waals surface area contributed by atoms with Crippen LogP contribution in [-0.2, 0) is 9.53 Å². The molecule has 0 bridgehead atoms. The first kappa shape index (κ1) is 17.8. The van der Waals surface area contributed by atoms with Crippen molar-refractivity contribution >= 4 is 11.9 Å². The summed E-state index contributed by atoms with van der Waals surface area (Å²) < 4.78 is 7.01. The zero-order valence-electron chi connectivity index (χ0n) is 15.6. The summed E-state index contributed by atoms with van der Waals surface area (Å²) in [5.74, 6) is -0.197. The second-order valence-electron chi connectivity index (χ2n) is 7.48. The Morgan fingerprint density at radius 3 is 2.63 bits per heavy atom. The molecule has 2 heterocycles. The molecule has 0 spiro atoms. The molecule has 6 heteroatoms. The molecular formula is C21H25N3O3. The van der Waals surface area contributed by atoms with Crippen molar-refractivity contribution in [1.29, 1.82) is 0 Å². The Kier molecular flexibility index (Phi) is 4.97. The van der Waals surface area contributed by atoms with Gasteiger partial charge in [-0.2, -0.15) is 5.10 Å². The lowest BCUT2D eigenvalue weighted by Gasteiger charge is -2.33. The van der Waals surface area contributed by atoms with Crippen LogP contribution in [0.2, 0.25) is 0 Å². The van der Waals surface area contributed by atoms with Crippen molar-refractivity contribution in [2.24, 2.45) is 0 Å². The number of carbonyl (C=O) groups is 2. The summed E-state index contributed by atoms with van der Waals surface area (Å²) in [5, 5.41) is 4.61. The third kappa shape index (κ3) is 3.89. The largest absolute Gasteiger partial charge is 0.451 e. The van der Waals surface area contributed by atoms with Crippen molar-refractivity contribution < 1.29 is 14.3 Å². The van der Waals surface area contributed by atoms with Crippen molar-refractivity contribution in [2.45, 2.75) is 51.0 Å². The van der Waals surface area contributed by atoms with Gasteiger partial charge in [-0.3, -0.25) is 4.79 Å². The molecule has 1 atom stereocenters. The fourth-order valence-corrected chi connectivity index (χ4v) is 3.64. The third-order valence-corrected chi connectivity index (χ3v) is 5.38. The van der Waals surface area contributed by atoms with Crippen molar-refractivity contribution in [3.63, 3.8) is 0 Å². The maximum absolute atomic E-state index is 12.7. The molecule has 1 aromatic carbocycles. The smallest absolute Gasteiger partial charge is 0.357 e. The van der Waals surface area contributed by atoms with E-state index in [4.69, 9.17) is 4.74 Å². The third-order valence-electron chi connectivity index (χ3n) is 5.38. The van der Waals surface area contributed by atoms with Crippen LogP contribution in [0.25, 0.3) is 5.69 Å². The molecule has 2 fully saturated rings. The van der Waals surface area contributed by atoms with Gasteiger partial charge in [-0.15, -0.1) is 0 Å². The standard InChI is InChI=1S/C21H25N3O3/c1-15-7-5-6-12-23(15)20(25)14-27-21(26)19-13-18(16-10-11-16)22-24(19)17-8-3-2-4-9-17/h2-4,8-9,13,15-16H,5-7,10-12,14H2,1H3/t15-/m0/s1. The van der Waals surface area contributed by atoms with Crippen LogP contribution in [0.5, 0.6) is 0 Å². The lowest BCUT2D eigenvalue weighted by molar-refractivity contribution is -0.137. The van der Waals surface area contributed by atoms with E-state index in [0.717, 1.165) is 50.0 Å². The molecule has 1 amide bonds. The van der Waals surface area contributed by atoms with Crippen LogP contribution in [0.4, 0.5) is 0 Å². The molecule has 6 nitrogen and oxygen atoms in total. The maximum atomic E-state index is 12.7. The number of para-hydroxylation sites is 1. The number of carbonyl (C=O) groups excluding carboxylic acids is 2. The molecule has 1 aromatic heterocycles. The first-order valence-electron chi connectivity index (χ1n) is 9.75. The lowest BCUT2D eigenvalue weighted by Crippen LogP contribution is -2.44. The molecule has 1 saturated heterocycles. The number of benzene rings is 1. The second-order valence-corrected chi connectivity index (χ2v) is 7.48. The molecule has 4 rings (SSSR count). The normalized spacial score (nSPS) is 19.7. The van der Waals surface area contributed by atoms with E-state index in [1.165, 1.54) is 0 Å². The van der Waals surface area contributed by atoms with Crippen LogP contribution < -0.4 is 0 Å². The molecule has 1 saturated carbocycles. The SMILES string of the molecule is C[C@H]1CCCCN1C(=O)COC(=O)c1cc(C2CC2)nn1-c1ccccc1. The van der Waals surface area contributed by atoms with Crippen LogP contribution in [0.1, 0.15) is 61.1 Å². The van der Waals surface area contributed by atoms with E-state index >= 15 is 0 Å². The van der Waals surface area contributed by atoms with Crippen molar-refractivity contribution in [2.75, 3.05) is 13.2 Å². The monoisotopic (exact) mass is 367 g/mol. The minimum absolute atomic E-state index is 0.122. The average molecular weight is 367 g/mol. The molecule has 0 N–H and O–H groups in total. The summed E-state index contributed by atoms with van der Waals surface area (Å²) in [6.07, 6.45) is 5.36. The summed E-state index contributed by atoms with van der Waals surface area (Å²) >= 11 is 0. The Balaban J connectivity index is 1.49. The Bertz CT molecular complexity index is 826. The van der Waals surface area contributed by atoms with Gasteiger partial charge in [0.2, 0.25) is 0 Å². The fourth-order valence-electron chi connectivity index (χ4n) is 3.64. The predicted molar refractivity (Wildman–Crippen MR) is 101 cm³/mol. The number of ether oxygens (including phenoxy) is 1. The quantitative estimate of drug-likeness (QED) is 0.761. The Morgan fingerprint density at radius 2 is 1.93 bits per heavy atom. The molecule has 0 radical (unpaired) electrons. The van der Waals surface area contributed by atoms with Gasteiger partial charge in [0, 0.05) is 18.5 Å². The van der Waals surface area contributed by atoms with Gasteiger partial charge >= 0.3 is 5.97 Å². The van der Waals surface area contributed by atoms with Crippen LogP contribution in [0, 0.1) is 0 Å². The summed E-state index contributed by atoms with van der Waals surface area (Å²) in [4.78, 5) is 27.0. The molecule has 0 unspecified atom stereocenters. The molecule has 27 heavy (non-hydrogen) atoms. The van der Waals surface area contributed by atoms with E-state index in [9.17, 15) is 9.59 Å². The number of piperidine rings is 1. The van der Waals surface area contributed by atoms with Crippen molar-refractivity contribution in [3.05, 3.63) is 47.8 Å². The Hall–Kier alpha value is -2.63. The van der Waals surface area contributed by atoms with E-state index in [0.29, 0.717) is 11.6 Å². The number of hydrogen-bond acceptors (Lipinski definition) is 4. The highest BCUT2D eigenvalue weighted by Crippen LogP contribution is 2.39. The second kappa shape index (κ2) is 7.55. The molecule has 142 valence electrons. The highest BCUT2D eigenvalue weighted by Gasteiger charge is 2.30. The predicted octanol–water partition coefficient (Wildman–Crippen LogP) is 3.31. The highest BCUT2D eigenvalue weighted by atomic mass is 16.5. The molecular weight excluding hydrogens is 342 g/mol. The van der Waals surface area contributed by atoms with E-state index in [2.05, 4.69) is 5.10 Å². The number of rotatable bonds is 5. The van der Waals surface area contributed by atoms with Gasteiger partial charge in [-0.05, 0) is 57.2 Å². The summed E-state index contributed by atoms with van der Waals surface area (Å²) in [7, 11) is 0. The number of likely N-dealkylation sites (tertiary alicyclic amines) is 1. The van der Waals surface area contributed by atoms with Crippen molar-refractivity contribution in [1.82, 2.24) is 14.7 Å². The Morgan fingerprint density at radius 1 is 1.15 bits per heavy atom. The molecule has 2 aromatic rings. The minimum Gasteiger partial charge on any atom is -0.451 e. The Labute approximate surface area is 159 Å². The number of aromatic nitrogens is 2. The molecule has 1 aliphatic heterocycles. The highest BCUT2D eigenvalue weighted by molar-refractivity contribution is 5.90. The fraction of sp³-hybridized carbons (Fsp3) is 0.476. The number of amides is 1. The van der Waals surface area contributed by atoms with Crippen LogP contribution in [0.3, 0.4) is 0 Å². The van der Waals surface area contributed by atoms with Gasteiger partial charge in [0.05, 0.1) is 11.4 Å². The average Bonchev–Trinajstić information content (AvgIpc) is 3.45. The van der Waals surface area contributed by atoms with E-state index in [1.54, 1.807) is 10.7 Å². The summed E-state index contributed by atoms with van der Waals surface area (Å²) in [6.45, 7) is 2.57. The first-order chi connectivity index (χ1) is 13.1. The number of esters is 1. The number of nitrogens with zero attached hydrogens (tertiary/aromatic N) is 3. The maximum Gasteiger partial charge on any atom is 0.357 e. The van der Waals surface area contributed by atoms with Gasteiger partial charge in [0.25, 0.3) is 5.91 Å². The summed E-state index contributed by atoms with van der Waals surface area (Å²) in [5.41, 5.74) is 2.11. The van der Waals surface area contributed by atoms with Gasteiger partial charge in [-0.25, -0.2) is 9.48 Å². The van der Waals surface area contributed by atoms with Gasteiger partial charge in [0.15, 0.2) is 12.3 Å². The van der Waals surface area contributed by atoms with Crippen LogP contribution in [0.15, 0.2) is 36.4 Å². The van der Waals surface area contributed by atoms with E-state index in [1.807, 2.05) is 42.2 Å². The van der Waals surface area contributed by atoms with Gasteiger partial charge in [-0.1, -0.05) is 18.2 Å². The zero-order valence-corrected chi connectivity index (χ0v) is 15.6. The first-order valence-corrected chi connectivity index (χ1v) is 9.75. The van der Waals surface area contributed by atoms with E-state index < -0.39 is 5.97 Å². The number of hydrogen-bond donors (Lipinski definition) is 0. The zero-order chi connectivity index (χ0) is 18.8. The van der Waals surface area contributed by atoms with E-state index in [-0.39, 0.29) is 18.6 Å². The molecule has 2 aliphatic rings. The molecule has 1 aliphatic carbocycles. The van der Waals surface area contributed by atoms with Gasteiger partial charge in [0.1, 0.15) is 0 Å². The topological polar surface area (TPSA) is 64.4 Å². The minimum atomic E-state index is -0.503.